The zero-order valence-corrected chi connectivity index (χ0v) is 13.7. The second-order valence-electron chi connectivity index (χ2n) is 5.74. The molecule has 21 heavy (non-hydrogen) atoms. The normalized spacial score (nSPS) is 20.7. The maximum atomic E-state index is 12.5. The highest BCUT2D eigenvalue weighted by Gasteiger charge is 2.41. The van der Waals surface area contributed by atoms with E-state index in [1.165, 1.54) is 0 Å². The zero-order chi connectivity index (χ0) is 15.0. The number of nitrogens with zero attached hydrogens (tertiary/aromatic N) is 2. The van der Waals surface area contributed by atoms with Crippen molar-refractivity contribution in [2.24, 2.45) is 5.41 Å². The second kappa shape index (κ2) is 5.57. The van der Waals surface area contributed by atoms with Gasteiger partial charge in [0.05, 0.1) is 5.56 Å². The molecule has 0 bridgehead atoms. The lowest BCUT2D eigenvalue weighted by Gasteiger charge is -2.38. The molecule has 2 fully saturated rings. The molecule has 0 radical (unpaired) electrons. The van der Waals surface area contributed by atoms with E-state index in [9.17, 15) is 9.59 Å². The molecule has 1 aromatic rings. The average molecular weight is 373 g/mol. The van der Waals surface area contributed by atoms with Gasteiger partial charge in [-0.15, -0.1) is 0 Å². The van der Waals surface area contributed by atoms with Crippen molar-refractivity contribution in [1.29, 1.82) is 0 Å². The largest absolute Gasteiger partial charge is 0.356 e. The molecule has 0 saturated carbocycles. The number of hydrogen-bond acceptors (Lipinski definition) is 3. The Morgan fingerprint density at radius 1 is 1.43 bits per heavy atom. The van der Waals surface area contributed by atoms with Crippen LogP contribution in [0.25, 0.3) is 0 Å². The highest BCUT2D eigenvalue weighted by molar-refractivity contribution is 9.10. The predicted molar refractivity (Wildman–Crippen MR) is 82.1 cm³/mol. The maximum Gasteiger partial charge on any atom is 0.257 e. The van der Waals surface area contributed by atoms with Gasteiger partial charge < -0.3 is 10.2 Å². The first kappa shape index (κ1) is 14.8. The Labute approximate surface area is 136 Å². The highest BCUT2D eigenvalue weighted by Crippen LogP contribution is 2.38. The molecular formula is C14H15BrClN3O2. The summed E-state index contributed by atoms with van der Waals surface area (Å²) >= 11 is 9.32. The van der Waals surface area contributed by atoms with Gasteiger partial charge in [-0.25, -0.2) is 4.98 Å². The first-order valence-electron chi connectivity index (χ1n) is 6.86. The number of likely N-dealkylation sites (tertiary alicyclic amines) is 1. The SMILES string of the molecule is O=C1CC2(CCN(C(=O)c3cc(Br)cnc3Cl)CC2)CN1. The van der Waals surface area contributed by atoms with Crippen LogP contribution in [-0.2, 0) is 4.79 Å². The van der Waals surface area contributed by atoms with Crippen molar-refractivity contribution in [1.82, 2.24) is 15.2 Å². The van der Waals surface area contributed by atoms with Gasteiger partial charge in [0.1, 0.15) is 5.15 Å². The monoisotopic (exact) mass is 371 g/mol. The van der Waals surface area contributed by atoms with E-state index >= 15 is 0 Å². The number of amides is 2. The van der Waals surface area contributed by atoms with E-state index in [-0.39, 0.29) is 22.4 Å². The summed E-state index contributed by atoms with van der Waals surface area (Å²) in [5.41, 5.74) is 0.454. The Balaban J connectivity index is 1.70. The molecule has 7 heteroatoms. The van der Waals surface area contributed by atoms with Crippen LogP contribution in [0.4, 0.5) is 0 Å². The molecule has 3 heterocycles. The minimum atomic E-state index is -0.0964. The Morgan fingerprint density at radius 2 is 2.14 bits per heavy atom. The van der Waals surface area contributed by atoms with Gasteiger partial charge in [-0.3, -0.25) is 9.59 Å². The number of aromatic nitrogens is 1. The van der Waals surface area contributed by atoms with Crippen LogP contribution < -0.4 is 5.32 Å². The van der Waals surface area contributed by atoms with Gasteiger partial charge in [0, 0.05) is 36.7 Å². The summed E-state index contributed by atoms with van der Waals surface area (Å²) in [4.78, 5) is 29.7. The van der Waals surface area contributed by atoms with E-state index in [2.05, 4.69) is 26.2 Å². The van der Waals surface area contributed by atoms with Crippen molar-refractivity contribution in [2.45, 2.75) is 19.3 Å². The third-order valence-electron chi connectivity index (χ3n) is 4.34. The van der Waals surface area contributed by atoms with Crippen LogP contribution in [0.2, 0.25) is 5.15 Å². The van der Waals surface area contributed by atoms with Crippen molar-refractivity contribution in [3.05, 3.63) is 27.5 Å². The molecule has 0 aliphatic carbocycles. The van der Waals surface area contributed by atoms with Gasteiger partial charge in [0.15, 0.2) is 0 Å². The summed E-state index contributed by atoms with van der Waals surface area (Å²) < 4.78 is 0.731. The Kier molecular flexibility index (Phi) is 3.92. The zero-order valence-electron chi connectivity index (χ0n) is 11.4. The lowest BCUT2D eigenvalue weighted by Crippen LogP contribution is -2.44. The van der Waals surface area contributed by atoms with Crippen molar-refractivity contribution in [3.8, 4) is 0 Å². The van der Waals surface area contributed by atoms with Gasteiger partial charge in [-0.1, -0.05) is 11.6 Å². The van der Waals surface area contributed by atoms with Crippen LogP contribution in [0.15, 0.2) is 16.7 Å². The van der Waals surface area contributed by atoms with Gasteiger partial charge >= 0.3 is 0 Å². The molecule has 2 amide bonds. The van der Waals surface area contributed by atoms with Gasteiger partial charge in [-0.2, -0.15) is 0 Å². The van der Waals surface area contributed by atoms with Gasteiger partial charge in [0.2, 0.25) is 5.91 Å². The minimum absolute atomic E-state index is 0.0349. The molecule has 1 N–H and O–H groups in total. The van der Waals surface area contributed by atoms with Crippen LogP contribution in [0.3, 0.4) is 0 Å². The van der Waals surface area contributed by atoms with Crippen molar-refractivity contribution < 1.29 is 9.59 Å². The number of carbonyl (C=O) groups is 2. The number of rotatable bonds is 1. The lowest BCUT2D eigenvalue weighted by atomic mass is 9.77. The van der Waals surface area contributed by atoms with E-state index in [0.29, 0.717) is 25.1 Å². The van der Waals surface area contributed by atoms with Crippen LogP contribution >= 0.6 is 27.5 Å². The molecule has 112 valence electrons. The third-order valence-corrected chi connectivity index (χ3v) is 5.08. The average Bonchev–Trinajstić information content (AvgIpc) is 2.83. The first-order valence-corrected chi connectivity index (χ1v) is 8.03. The molecule has 0 atom stereocenters. The standard InChI is InChI=1S/C14H15BrClN3O2/c15-9-5-10(12(16)17-7-9)13(21)19-3-1-14(2-4-19)6-11(20)18-8-14/h5,7H,1-4,6,8H2,(H,18,20). The smallest absolute Gasteiger partial charge is 0.257 e. The van der Waals surface area contributed by atoms with Crippen molar-refractivity contribution in [3.63, 3.8) is 0 Å². The van der Waals surface area contributed by atoms with Crippen molar-refractivity contribution >= 4 is 39.3 Å². The molecule has 0 unspecified atom stereocenters. The molecule has 3 rings (SSSR count). The summed E-state index contributed by atoms with van der Waals surface area (Å²) in [6.07, 6.45) is 3.83. The number of nitrogens with one attached hydrogen (secondary N) is 1. The lowest BCUT2D eigenvalue weighted by molar-refractivity contribution is -0.119. The van der Waals surface area contributed by atoms with Crippen LogP contribution in [0.5, 0.6) is 0 Å². The number of halogens is 2. The van der Waals surface area contributed by atoms with Crippen molar-refractivity contribution in [2.75, 3.05) is 19.6 Å². The van der Waals surface area contributed by atoms with E-state index in [1.807, 2.05) is 0 Å². The number of piperidine rings is 1. The van der Waals surface area contributed by atoms with E-state index in [0.717, 1.165) is 23.9 Å². The Bertz CT molecular complexity index is 600. The summed E-state index contributed by atoms with van der Waals surface area (Å²) in [6.45, 7) is 2.03. The molecule has 5 nitrogen and oxygen atoms in total. The molecular weight excluding hydrogens is 358 g/mol. The fraction of sp³-hybridized carbons (Fsp3) is 0.500. The second-order valence-corrected chi connectivity index (χ2v) is 7.01. The van der Waals surface area contributed by atoms with Crippen LogP contribution in [0.1, 0.15) is 29.6 Å². The number of pyridine rings is 1. The molecule has 2 aliphatic rings. The quantitative estimate of drug-likeness (QED) is 0.769. The third kappa shape index (κ3) is 2.92. The van der Waals surface area contributed by atoms with Crippen LogP contribution in [-0.4, -0.2) is 41.3 Å². The topological polar surface area (TPSA) is 62.3 Å². The summed E-state index contributed by atoms with van der Waals surface area (Å²) in [6, 6.07) is 1.70. The molecule has 2 aliphatic heterocycles. The number of carbonyl (C=O) groups excluding carboxylic acids is 2. The maximum absolute atomic E-state index is 12.5. The minimum Gasteiger partial charge on any atom is -0.356 e. The highest BCUT2D eigenvalue weighted by atomic mass is 79.9. The summed E-state index contributed by atoms with van der Waals surface area (Å²) in [5, 5.41) is 3.12. The molecule has 2 saturated heterocycles. The van der Waals surface area contributed by atoms with E-state index < -0.39 is 0 Å². The van der Waals surface area contributed by atoms with E-state index in [4.69, 9.17) is 11.6 Å². The Hall–Kier alpha value is -1.14. The molecule has 1 spiro atoms. The Morgan fingerprint density at radius 3 is 2.76 bits per heavy atom. The predicted octanol–water partition coefficient (Wildman–Crippen LogP) is 2.24. The first-order chi connectivity index (χ1) is 9.99. The molecule has 1 aromatic heterocycles. The summed E-state index contributed by atoms with van der Waals surface area (Å²) in [5.74, 6) is 0.0231. The number of hydrogen-bond donors (Lipinski definition) is 1. The van der Waals surface area contributed by atoms with Crippen LogP contribution in [0, 0.1) is 5.41 Å². The molecule has 0 aromatic carbocycles. The fourth-order valence-electron chi connectivity index (χ4n) is 3.03. The van der Waals surface area contributed by atoms with Gasteiger partial charge in [0.25, 0.3) is 5.91 Å². The van der Waals surface area contributed by atoms with Gasteiger partial charge in [-0.05, 0) is 40.3 Å². The van der Waals surface area contributed by atoms with E-state index in [1.54, 1.807) is 17.2 Å². The fourth-order valence-corrected chi connectivity index (χ4v) is 3.55. The summed E-state index contributed by atoms with van der Waals surface area (Å²) in [7, 11) is 0.